The molecule has 1 aliphatic heterocycles. The lowest BCUT2D eigenvalue weighted by molar-refractivity contribution is -0.384. The van der Waals surface area contributed by atoms with E-state index in [9.17, 15) is 19.7 Å². The minimum atomic E-state index is -0.636. The predicted molar refractivity (Wildman–Crippen MR) is 129 cm³/mol. The third-order valence-electron chi connectivity index (χ3n) is 5.42. The summed E-state index contributed by atoms with van der Waals surface area (Å²) in [6.45, 7) is 3.16. The first-order chi connectivity index (χ1) is 15.8. The van der Waals surface area contributed by atoms with Gasteiger partial charge < -0.3 is 20.4 Å². The molecule has 0 aromatic heterocycles. The van der Waals surface area contributed by atoms with E-state index in [2.05, 4.69) is 20.4 Å². The van der Waals surface area contributed by atoms with E-state index in [4.69, 9.17) is 11.6 Å². The van der Waals surface area contributed by atoms with Crippen molar-refractivity contribution in [1.82, 2.24) is 10.2 Å². The molecule has 1 saturated heterocycles. The molecule has 0 bridgehead atoms. The highest BCUT2D eigenvalue weighted by atomic mass is 35.5. The smallest absolute Gasteiger partial charge is 0.288 e. The molecule has 0 radical (unpaired) electrons. The molecule has 3 rings (SSSR count). The van der Waals surface area contributed by atoms with Crippen molar-refractivity contribution in [1.29, 1.82) is 0 Å². The lowest BCUT2D eigenvalue weighted by Gasteiger charge is -2.22. The number of nitro groups is 1. The molecule has 2 aromatic rings. The Morgan fingerprint density at radius 1 is 1.12 bits per heavy atom. The van der Waals surface area contributed by atoms with Crippen LogP contribution in [0, 0.1) is 10.1 Å². The average molecular weight is 474 g/mol. The van der Waals surface area contributed by atoms with Gasteiger partial charge in [-0.05, 0) is 70.2 Å². The Bertz CT molecular complexity index is 1040. The second kappa shape index (κ2) is 11.1. The Balaban J connectivity index is 1.80. The summed E-state index contributed by atoms with van der Waals surface area (Å²) in [7, 11) is 3.96. The van der Waals surface area contributed by atoms with Crippen LogP contribution in [-0.4, -0.2) is 61.9 Å². The van der Waals surface area contributed by atoms with Crippen molar-refractivity contribution in [2.45, 2.75) is 19.3 Å². The Kier molecular flexibility index (Phi) is 8.24. The predicted octanol–water partition coefficient (Wildman–Crippen LogP) is 3.78. The highest BCUT2D eigenvalue weighted by Crippen LogP contribution is 2.29. The molecule has 0 atom stereocenters. The number of hydrogen-bond donors (Lipinski definition) is 2. The molecule has 0 aliphatic carbocycles. The van der Waals surface area contributed by atoms with Gasteiger partial charge in [-0.15, -0.1) is 0 Å². The van der Waals surface area contributed by atoms with E-state index in [1.807, 2.05) is 20.2 Å². The zero-order valence-electron chi connectivity index (χ0n) is 18.8. The maximum Gasteiger partial charge on any atom is 0.288 e. The normalized spacial score (nSPS) is 13.3. The maximum absolute atomic E-state index is 13.0. The van der Waals surface area contributed by atoms with E-state index >= 15 is 0 Å². The van der Waals surface area contributed by atoms with Gasteiger partial charge in [-0.3, -0.25) is 19.7 Å². The largest absolute Gasteiger partial charge is 0.371 e. The topological polar surface area (TPSA) is 108 Å². The quantitative estimate of drug-likeness (QED) is 0.326. The molecule has 10 heteroatoms. The Morgan fingerprint density at radius 3 is 2.52 bits per heavy atom. The van der Waals surface area contributed by atoms with Gasteiger partial charge in [0, 0.05) is 42.6 Å². The maximum atomic E-state index is 13.0. The van der Waals surface area contributed by atoms with Gasteiger partial charge in [0.2, 0.25) is 0 Å². The first kappa shape index (κ1) is 24.5. The monoisotopic (exact) mass is 473 g/mol. The number of halogens is 1. The van der Waals surface area contributed by atoms with Crippen LogP contribution in [0.15, 0.2) is 36.4 Å². The number of anilines is 2. The van der Waals surface area contributed by atoms with E-state index in [0.717, 1.165) is 50.7 Å². The molecule has 9 nitrogen and oxygen atoms in total. The first-order valence-electron chi connectivity index (χ1n) is 10.8. The van der Waals surface area contributed by atoms with Gasteiger partial charge in [-0.1, -0.05) is 11.6 Å². The number of nitro benzene ring substituents is 1. The SMILES string of the molecule is CN(C)CCCNC(=O)c1cc(NC(=O)c2ccc(Cl)c([N+](=O)[O-])c2)ccc1N1CCCC1. The molecule has 33 heavy (non-hydrogen) atoms. The van der Waals surface area contributed by atoms with Crippen molar-refractivity contribution in [2.75, 3.05) is 50.5 Å². The van der Waals surface area contributed by atoms with E-state index in [-0.39, 0.29) is 22.2 Å². The summed E-state index contributed by atoms with van der Waals surface area (Å²) in [6, 6.07) is 9.09. The lowest BCUT2D eigenvalue weighted by Crippen LogP contribution is -2.29. The van der Waals surface area contributed by atoms with Gasteiger partial charge in [0.25, 0.3) is 17.5 Å². The molecular weight excluding hydrogens is 446 g/mol. The fraction of sp³-hybridized carbons (Fsp3) is 0.391. The zero-order valence-corrected chi connectivity index (χ0v) is 19.5. The molecule has 2 N–H and O–H groups in total. The molecule has 2 amide bonds. The number of nitrogens with one attached hydrogen (secondary N) is 2. The molecule has 2 aromatic carbocycles. The minimum absolute atomic E-state index is 0.0419. The van der Waals surface area contributed by atoms with Gasteiger partial charge in [0.1, 0.15) is 5.02 Å². The third-order valence-corrected chi connectivity index (χ3v) is 5.74. The lowest BCUT2D eigenvalue weighted by atomic mass is 10.1. The highest BCUT2D eigenvalue weighted by molar-refractivity contribution is 6.32. The fourth-order valence-corrected chi connectivity index (χ4v) is 3.91. The summed E-state index contributed by atoms with van der Waals surface area (Å²) in [5.74, 6) is -0.727. The molecule has 0 spiro atoms. The van der Waals surface area contributed by atoms with E-state index in [1.54, 1.807) is 12.1 Å². The molecule has 1 heterocycles. The molecule has 1 aliphatic rings. The highest BCUT2D eigenvalue weighted by Gasteiger charge is 2.21. The van der Waals surface area contributed by atoms with Gasteiger partial charge in [0.05, 0.1) is 10.5 Å². The van der Waals surface area contributed by atoms with Crippen molar-refractivity contribution in [2.24, 2.45) is 0 Å². The Hall–Kier alpha value is -3.17. The summed E-state index contributed by atoms with van der Waals surface area (Å²) in [6.07, 6.45) is 2.96. The van der Waals surface area contributed by atoms with Crippen molar-refractivity contribution in [3.05, 3.63) is 62.7 Å². The van der Waals surface area contributed by atoms with Crippen LogP contribution in [-0.2, 0) is 0 Å². The summed E-state index contributed by atoms with van der Waals surface area (Å²) >= 11 is 5.84. The number of rotatable bonds is 9. The number of carbonyl (C=O) groups is 2. The van der Waals surface area contributed by atoms with Crippen molar-refractivity contribution >= 4 is 40.5 Å². The number of nitrogens with zero attached hydrogens (tertiary/aromatic N) is 3. The van der Waals surface area contributed by atoms with E-state index in [1.165, 1.54) is 12.1 Å². The van der Waals surface area contributed by atoms with E-state index in [0.29, 0.717) is 17.8 Å². The second-order valence-corrected chi connectivity index (χ2v) is 8.62. The average Bonchev–Trinajstić information content (AvgIpc) is 3.31. The molecule has 0 unspecified atom stereocenters. The summed E-state index contributed by atoms with van der Waals surface area (Å²) in [5, 5.41) is 16.8. The van der Waals surface area contributed by atoms with E-state index < -0.39 is 10.8 Å². The van der Waals surface area contributed by atoms with Crippen LogP contribution in [0.2, 0.25) is 5.02 Å². The van der Waals surface area contributed by atoms with Gasteiger partial charge in [-0.2, -0.15) is 0 Å². The van der Waals surface area contributed by atoms with Crippen LogP contribution in [0.3, 0.4) is 0 Å². The van der Waals surface area contributed by atoms with Crippen LogP contribution in [0.5, 0.6) is 0 Å². The van der Waals surface area contributed by atoms with Gasteiger partial charge in [0.15, 0.2) is 0 Å². The Labute approximate surface area is 197 Å². The standard InChI is InChI=1S/C23H28ClN5O4/c1-27(2)11-5-10-25-23(31)18-15-17(7-9-20(18)28-12-3-4-13-28)26-22(30)16-6-8-19(24)21(14-16)29(32)33/h6-9,14-15H,3-5,10-13H2,1-2H3,(H,25,31)(H,26,30). The Morgan fingerprint density at radius 2 is 1.85 bits per heavy atom. The number of benzene rings is 2. The van der Waals surface area contributed by atoms with Gasteiger partial charge in [-0.25, -0.2) is 0 Å². The zero-order chi connectivity index (χ0) is 24.0. The molecular formula is C23H28ClN5O4. The summed E-state index contributed by atoms with van der Waals surface area (Å²) in [5.41, 5.74) is 1.51. The fourth-order valence-electron chi connectivity index (χ4n) is 3.72. The minimum Gasteiger partial charge on any atom is -0.371 e. The summed E-state index contributed by atoms with van der Waals surface area (Å²) < 4.78 is 0. The number of hydrogen-bond acceptors (Lipinski definition) is 6. The number of amides is 2. The van der Waals surface area contributed by atoms with Crippen LogP contribution >= 0.6 is 11.6 Å². The molecule has 176 valence electrons. The molecule has 1 fully saturated rings. The molecule has 0 saturated carbocycles. The van der Waals surface area contributed by atoms with Crippen LogP contribution in [0.4, 0.5) is 17.1 Å². The van der Waals surface area contributed by atoms with Crippen molar-refractivity contribution < 1.29 is 14.5 Å². The second-order valence-electron chi connectivity index (χ2n) is 8.22. The summed E-state index contributed by atoms with van der Waals surface area (Å²) in [4.78, 5) is 40.4. The third kappa shape index (κ3) is 6.43. The van der Waals surface area contributed by atoms with Crippen LogP contribution < -0.4 is 15.5 Å². The van der Waals surface area contributed by atoms with Crippen LogP contribution in [0.1, 0.15) is 40.0 Å². The van der Waals surface area contributed by atoms with Crippen LogP contribution in [0.25, 0.3) is 0 Å². The van der Waals surface area contributed by atoms with Crippen molar-refractivity contribution in [3.8, 4) is 0 Å². The first-order valence-corrected chi connectivity index (χ1v) is 11.2. The van der Waals surface area contributed by atoms with Gasteiger partial charge >= 0.3 is 0 Å². The van der Waals surface area contributed by atoms with Crippen molar-refractivity contribution in [3.63, 3.8) is 0 Å². The number of carbonyl (C=O) groups excluding carboxylic acids is 2.